The highest BCUT2D eigenvalue weighted by molar-refractivity contribution is 9.10. The molecule has 0 aliphatic rings. The van der Waals surface area contributed by atoms with Crippen LogP contribution in [-0.4, -0.2) is 16.8 Å². The average Bonchev–Trinajstić information content (AvgIpc) is 3.09. The molecule has 6 aromatic carbocycles. The molecule has 0 aliphatic heterocycles. The molecule has 0 bridgehead atoms. The van der Waals surface area contributed by atoms with Crippen LogP contribution >= 0.6 is 53.4 Å². The molecule has 0 radical (unpaired) electrons. The molecule has 6 aromatic rings. The lowest BCUT2D eigenvalue weighted by atomic mass is 10.3. The van der Waals surface area contributed by atoms with Crippen molar-refractivity contribution in [3.05, 3.63) is 155 Å². The lowest BCUT2D eigenvalue weighted by Gasteiger charge is -2.09. The third-order valence-electron chi connectivity index (χ3n) is 6.87. The summed E-state index contributed by atoms with van der Waals surface area (Å²) in [7, 11) is -4.05. The number of ether oxygens (including phenoxy) is 2. The molecule has 6 nitrogen and oxygen atoms in total. The second-order valence-electron chi connectivity index (χ2n) is 10.2. The lowest BCUT2D eigenvalue weighted by Crippen LogP contribution is -2.01. The number of sulfone groups is 2. The predicted molar refractivity (Wildman–Crippen MR) is 197 cm³/mol. The van der Waals surface area contributed by atoms with Crippen LogP contribution in [0.5, 0.6) is 23.0 Å². The summed E-state index contributed by atoms with van der Waals surface area (Å²) in [6.45, 7) is 0. The van der Waals surface area contributed by atoms with Crippen molar-refractivity contribution in [1.82, 2.24) is 0 Å². The standard InChI is InChI=1S/C36H24Br2O6S4/c37-25-1-17-33(18-2-25)47(39,40)35-21-9-29(10-22-35)43-27-5-13-31(14-6-27)45-46-32-15-7-28(8-16-32)44-30-11-23-36(24-12-30)48(41,42)34-19-3-26(38)4-20-34/h1-24H. The first-order valence-electron chi connectivity index (χ1n) is 14.2. The predicted octanol–water partition coefficient (Wildman–Crippen LogP) is 11.3. The Bertz CT molecular complexity index is 2060. The monoisotopic (exact) mass is 838 g/mol. The van der Waals surface area contributed by atoms with E-state index in [0.717, 1.165) is 18.7 Å². The Balaban J connectivity index is 0.999. The number of hydrogen-bond acceptors (Lipinski definition) is 8. The van der Waals surface area contributed by atoms with Gasteiger partial charge in [0.25, 0.3) is 0 Å². The lowest BCUT2D eigenvalue weighted by molar-refractivity contribution is 0.481. The van der Waals surface area contributed by atoms with Gasteiger partial charge in [-0.2, -0.15) is 0 Å². The molecular formula is C36H24Br2O6S4. The molecule has 0 saturated heterocycles. The van der Waals surface area contributed by atoms with E-state index in [-0.39, 0.29) is 19.6 Å². The maximum absolute atomic E-state index is 12.9. The first kappa shape index (κ1) is 34.3. The number of halogens is 2. The van der Waals surface area contributed by atoms with E-state index in [0.29, 0.717) is 23.0 Å². The van der Waals surface area contributed by atoms with Crippen LogP contribution in [0.15, 0.2) is 184 Å². The summed E-state index contributed by atoms with van der Waals surface area (Å²) in [5.41, 5.74) is 0. The minimum atomic E-state index is -3.62. The van der Waals surface area contributed by atoms with Crippen molar-refractivity contribution in [2.45, 2.75) is 29.4 Å². The fraction of sp³-hybridized carbons (Fsp3) is 0. The second kappa shape index (κ2) is 14.9. The van der Waals surface area contributed by atoms with Gasteiger partial charge >= 0.3 is 0 Å². The SMILES string of the molecule is O=S(=O)(c1ccc(Br)cc1)c1ccc(Oc2ccc(SSc3ccc(Oc4ccc(S(=O)(=O)c5ccc(Br)cc5)cc4)cc3)cc2)cc1. The van der Waals surface area contributed by atoms with Crippen LogP contribution in [0.25, 0.3) is 0 Å². The fourth-order valence-corrected chi connectivity index (χ4v) is 9.35. The zero-order chi connectivity index (χ0) is 33.7. The minimum Gasteiger partial charge on any atom is -0.457 e. The molecular weight excluding hydrogens is 816 g/mol. The van der Waals surface area contributed by atoms with Gasteiger partial charge in [0.05, 0.1) is 19.6 Å². The number of rotatable bonds is 11. The molecule has 6 rings (SSSR count). The molecule has 0 spiro atoms. The van der Waals surface area contributed by atoms with Crippen molar-refractivity contribution in [1.29, 1.82) is 0 Å². The van der Waals surface area contributed by atoms with Gasteiger partial charge in [-0.15, -0.1) is 0 Å². The summed E-state index contributed by atoms with van der Waals surface area (Å²) in [4.78, 5) is 2.90. The van der Waals surface area contributed by atoms with E-state index in [1.165, 1.54) is 0 Å². The summed E-state index contributed by atoms with van der Waals surface area (Å²) in [5, 5.41) is 0. The zero-order valence-electron chi connectivity index (χ0n) is 24.7. The molecule has 0 fully saturated rings. The summed E-state index contributed by atoms with van der Waals surface area (Å²) >= 11 is 6.65. The summed E-state index contributed by atoms with van der Waals surface area (Å²) < 4.78 is 65.1. The molecule has 0 aliphatic carbocycles. The highest BCUT2D eigenvalue weighted by Crippen LogP contribution is 2.39. The fourth-order valence-electron chi connectivity index (χ4n) is 4.37. The maximum Gasteiger partial charge on any atom is 0.206 e. The van der Waals surface area contributed by atoms with Gasteiger partial charge in [0, 0.05) is 18.7 Å². The van der Waals surface area contributed by atoms with E-state index < -0.39 is 19.7 Å². The molecule has 12 heteroatoms. The molecule has 0 atom stereocenters. The van der Waals surface area contributed by atoms with E-state index in [2.05, 4.69) is 31.9 Å². The van der Waals surface area contributed by atoms with Crippen molar-refractivity contribution < 1.29 is 26.3 Å². The summed E-state index contributed by atoms with van der Waals surface area (Å²) in [6, 6.07) is 41.1. The van der Waals surface area contributed by atoms with E-state index in [1.807, 2.05) is 48.5 Å². The van der Waals surface area contributed by atoms with Gasteiger partial charge in [-0.1, -0.05) is 53.4 Å². The highest BCUT2D eigenvalue weighted by Gasteiger charge is 2.19. The topological polar surface area (TPSA) is 86.7 Å². The Morgan fingerprint density at radius 2 is 0.583 bits per heavy atom. The Labute approximate surface area is 304 Å². The molecule has 0 heterocycles. The normalized spacial score (nSPS) is 11.6. The first-order chi connectivity index (χ1) is 23.1. The molecule has 0 aromatic heterocycles. The number of hydrogen-bond donors (Lipinski definition) is 0. The van der Waals surface area contributed by atoms with Gasteiger partial charge in [0.1, 0.15) is 23.0 Å². The van der Waals surface area contributed by atoms with Crippen LogP contribution in [0, 0.1) is 0 Å². The molecule has 242 valence electrons. The second-order valence-corrected chi connectivity index (χ2v) is 18.2. The Morgan fingerprint density at radius 1 is 0.354 bits per heavy atom. The zero-order valence-corrected chi connectivity index (χ0v) is 31.1. The molecule has 0 N–H and O–H groups in total. The quantitative estimate of drug-likeness (QED) is 0.119. The van der Waals surface area contributed by atoms with Gasteiger partial charge in [-0.05, 0) is 146 Å². The summed E-state index contributed by atoms with van der Waals surface area (Å²) in [6.07, 6.45) is 0. The summed E-state index contributed by atoms with van der Waals surface area (Å²) in [5.74, 6) is 2.33. The highest BCUT2D eigenvalue weighted by atomic mass is 79.9. The van der Waals surface area contributed by atoms with Gasteiger partial charge < -0.3 is 9.47 Å². The first-order valence-corrected chi connectivity index (χ1v) is 20.9. The van der Waals surface area contributed by atoms with Gasteiger partial charge in [-0.25, -0.2) is 16.8 Å². The molecule has 0 unspecified atom stereocenters. The van der Waals surface area contributed by atoms with Gasteiger partial charge in [0.2, 0.25) is 19.7 Å². The Hall–Kier alpha value is -3.52. The van der Waals surface area contributed by atoms with Crippen LogP contribution in [0.4, 0.5) is 0 Å². The van der Waals surface area contributed by atoms with Gasteiger partial charge in [-0.3, -0.25) is 0 Å². The maximum atomic E-state index is 12.9. The Morgan fingerprint density at radius 3 is 0.854 bits per heavy atom. The average molecular weight is 841 g/mol. The van der Waals surface area contributed by atoms with Crippen molar-refractivity contribution in [3.8, 4) is 23.0 Å². The van der Waals surface area contributed by atoms with Crippen molar-refractivity contribution in [2.24, 2.45) is 0 Å². The van der Waals surface area contributed by atoms with E-state index in [4.69, 9.17) is 9.47 Å². The largest absolute Gasteiger partial charge is 0.457 e. The van der Waals surface area contributed by atoms with E-state index in [1.54, 1.807) is 119 Å². The van der Waals surface area contributed by atoms with Crippen molar-refractivity contribution in [3.63, 3.8) is 0 Å². The van der Waals surface area contributed by atoms with Crippen LogP contribution in [0.2, 0.25) is 0 Å². The molecule has 0 saturated carbocycles. The molecule has 48 heavy (non-hydrogen) atoms. The van der Waals surface area contributed by atoms with Crippen LogP contribution in [0.1, 0.15) is 0 Å². The van der Waals surface area contributed by atoms with Crippen LogP contribution in [-0.2, 0) is 19.7 Å². The minimum absolute atomic E-state index is 0.195. The van der Waals surface area contributed by atoms with E-state index >= 15 is 0 Å². The molecule has 0 amide bonds. The van der Waals surface area contributed by atoms with Gasteiger partial charge in [0.15, 0.2) is 0 Å². The van der Waals surface area contributed by atoms with Crippen LogP contribution < -0.4 is 9.47 Å². The third kappa shape index (κ3) is 8.36. The van der Waals surface area contributed by atoms with Crippen molar-refractivity contribution in [2.75, 3.05) is 0 Å². The Kier molecular flexibility index (Phi) is 10.7. The smallest absolute Gasteiger partial charge is 0.206 e. The third-order valence-corrected chi connectivity index (χ3v) is 13.9. The van der Waals surface area contributed by atoms with Crippen LogP contribution in [0.3, 0.4) is 0 Å². The van der Waals surface area contributed by atoms with Crippen molar-refractivity contribution >= 4 is 73.1 Å². The van der Waals surface area contributed by atoms with E-state index in [9.17, 15) is 16.8 Å². The number of benzene rings is 6.